The molecule has 0 aromatic rings. The molecule has 1 aliphatic carbocycles. The lowest BCUT2D eigenvalue weighted by Gasteiger charge is -2.26. The van der Waals surface area contributed by atoms with Gasteiger partial charge in [0.05, 0.1) is 0 Å². The van der Waals surface area contributed by atoms with Gasteiger partial charge in [-0.05, 0) is 31.7 Å². The van der Waals surface area contributed by atoms with E-state index in [0.29, 0.717) is 18.5 Å². The van der Waals surface area contributed by atoms with Gasteiger partial charge >= 0.3 is 5.97 Å². The van der Waals surface area contributed by atoms with Gasteiger partial charge in [0.15, 0.2) is 0 Å². The molecule has 18 heavy (non-hydrogen) atoms. The van der Waals surface area contributed by atoms with Crippen LogP contribution in [0.4, 0.5) is 0 Å². The fourth-order valence-electron chi connectivity index (χ4n) is 1.95. The van der Waals surface area contributed by atoms with Gasteiger partial charge in [0.2, 0.25) is 5.91 Å². The number of hydrogen-bond acceptors (Lipinski definition) is 3. The molecule has 1 rings (SSSR count). The number of rotatable bonds is 8. The van der Waals surface area contributed by atoms with Crippen molar-refractivity contribution in [1.82, 2.24) is 10.2 Å². The van der Waals surface area contributed by atoms with Crippen LogP contribution in [-0.4, -0.2) is 47.1 Å². The third kappa shape index (κ3) is 5.49. The number of carboxylic acids is 1. The Kier molecular flexibility index (Phi) is 5.59. The first-order chi connectivity index (χ1) is 8.40. The largest absolute Gasteiger partial charge is 0.480 e. The van der Waals surface area contributed by atoms with Crippen LogP contribution in [-0.2, 0) is 9.59 Å². The van der Waals surface area contributed by atoms with E-state index in [0.717, 1.165) is 25.8 Å². The summed E-state index contributed by atoms with van der Waals surface area (Å²) >= 11 is 0. The Morgan fingerprint density at radius 1 is 1.39 bits per heavy atom. The van der Waals surface area contributed by atoms with Crippen molar-refractivity contribution in [2.45, 2.75) is 52.1 Å². The average molecular weight is 256 g/mol. The van der Waals surface area contributed by atoms with Gasteiger partial charge < -0.3 is 10.4 Å². The zero-order valence-corrected chi connectivity index (χ0v) is 11.5. The van der Waals surface area contributed by atoms with Crippen molar-refractivity contribution in [1.29, 1.82) is 0 Å². The highest BCUT2D eigenvalue weighted by atomic mass is 16.4. The molecule has 1 amide bonds. The Morgan fingerprint density at radius 3 is 2.39 bits per heavy atom. The zero-order valence-electron chi connectivity index (χ0n) is 11.5. The molecule has 0 spiro atoms. The topological polar surface area (TPSA) is 69.6 Å². The van der Waals surface area contributed by atoms with Crippen molar-refractivity contribution in [2.24, 2.45) is 5.92 Å². The number of hydrogen-bond donors (Lipinski definition) is 2. The lowest BCUT2D eigenvalue weighted by Crippen LogP contribution is -2.48. The van der Waals surface area contributed by atoms with Crippen LogP contribution < -0.4 is 5.32 Å². The second-order valence-electron chi connectivity index (χ2n) is 5.50. The molecular formula is C13H24N2O3. The summed E-state index contributed by atoms with van der Waals surface area (Å²) in [4.78, 5) is 24.3. The summed E-state index contributed by atoms with van der Waals surface area (Å²) in [5, 5.41) is 11.6. The van der Waals surface area contributed by atoms with E-state index < -0.39 is 12.0 Å². The van der Waals surface area contributed by atoms with E-state index in [-0.39, 0.29) is 5.91 Å². The molecule has 1 fully saturated rings. The molecule has 0 aliphatic heterocycles. The highest BCUT2D eigenvalue weighted by Gasteiger charge is 2.32. The first kappa shape index (κ1) is 15.0. The van der Waals surface area contributed by atoms with Gasteiger partial charge in [-0.1, -0.05) is 13.8 Å². The van der Waals surface area contributed by atoms with E-state index in [1.807, 2.05) is 0 Å². The molecule has 1 saturated carbocycles. The molecule has 104 valence electrons. The SMILES string of the molecule is CC(=O)NC(CN(CCC(C)C)C1CC1)C(=O)O. The van der Waals surface area contributed by atoms with E-state index in [9.17, 15) is 9.59 Å². The lowest BCUT2D eigenvalue weighted by atomic mass is 10.1. The Hall–Kier alpha value is -1.10. The first-order valence-corrected chi connectivity index (χ1v) is 6.64. The van der Waals surface area contributed by atoms with Crippen LogP contribution in [0, 0.1) is 5.92 Å². The second-order valence-corrected chi connectivity index (χ2v) is 5.50. The molecule has 0 saturated heterocycles. The minimum absolute atomic E-state index is 0.290. The summed E-state index contributed by atoms with van der Waals surface area (Å²) < 4.78 is 0. The summed E-state index contributed by atoms with van der Waals surface area (Å²) in [6.45, 7) is 6.99. The predicted molar refractivity (Wildman–Crippen MR) is 69.3 cm³/mol. The summed E-state index contributed by atoms with van der Waals surface area (Å²) in [7, 11) is 0. The molecule has 1 aliphatic rings. The van der Waals surface area contributed by atoms with Gasteiger partial charge in [-0.2, -0.15) is 0 Å². The van der Waals surface area contributed by atoms with Crippen LogP contribution in [0.5, 0.6) is 0 Å². The normalized spacial score (nSPS) is 16.9. The first-order valence-electron chi connectivity index (χ1n) is 6.64. The van der Waals surface area contributed by atoms with E-state index in [1.54, 1.807) is 0 Å². The minimum atomic E-state index is -0.958. The number of amides is 1. The lowest BCUT2D eigenvalue weighted by molar-refractivity contribution is -0.142. The molecule has 1 unspecified atom stereocenters. The number of nitrogens with one attached hydrogen (secondary N) is 1. The molecule has 2 N–H and O–H groups in total. The number of carboxylic acid groups (broad SMARTS) is 1. The summed E-state index contributed by atoms with van der Waals surface area (Å²) in [5.41, 5.74) is 0. The molecule has 0 aromatic carbocycles. The quantitative estimate of drug-likeness (QED) is 0.682. The highest BCUT2D eigenvalue weighted by molar-refractivity contribution is 5.82. The van der Waals surface area contributed by atoms with Crippen LogP contribution in [0.15, 0.2) is 0 Å². The van der Waals surface area contributed by atoms with Gasteiger partial charge in [0.25, 0.3) is 0 Å². The third-order valence-corrected chi connectivity index (χ3v) is 3.15. The van der Waals surface area contributed by atoms with E-state index in [4.69, 9.17) is 5.11 Å². The second kappa shape index (κ2) is 6.73. The van der Waals surface area contributed by atoms with Crippen LogP contribution in [0.1, 0.15) is 40.0 Å². The highest BCUT2D eigenvalue weighted by Crippen LogP contribution is 2.27. The zero-order chi connectivity index (χ0) is 13.7. The van der Waals surface area contributed by atoms with Crippen molar-refractivity contribution in [2.75, 3.05) is 13.1 Å². The van der Waals surface area contributed by atoms with Crippen LogP contribution >= 0.6 is 0 Å². The fraction of sp³-hybridized carbons (Fsp3) is 0.846. The van der Waals surface area contributed by atoms with Crippen LogP contribution in [0.25, 0.3) is 0 Å². The van der Waals surface area contributed by atoms with Crippen molar-refractivity contribution < 1.29 is 14.7 Å². The Bertz CT molecular complexity index is 301. The fourth-order valence-corrected chi connectivity index (χ4v) is 1.95. The van der Waals surface area contributed by atoms with Crippen LogP contribution in [0.3, 0.4) is 0 Å². The maximum atomic E-state index is 11.1. The molecule has 1 atom stereocenters. The number of nitrogens with zero attached hydrogens (tertiary/aromatic N) is 1. The number of carbonyl (C=O) groups is 2. The third-order valence-electron chi connectivity index (χ3n) is 3.15. The van der Waals surface area contributed by atoms with E-state index in [1.165, 1.54) is 6.92 Å². The van der Waals surface area contributed by atoms with Gasteiger partial charge in [0, 0.05) is 19.5 Å². The summed E-state index contributed by atoms with van der Waals surface area (Å²) in [6.07, 6.45) is 3.35. The van der Waals surface area contributed by atoms with Gasteiger partial charge in [0.1, 0.15) is 6.04 Å². The molecule has 5 nitrogen and oxygen atoms in total. The van der Waals surface area contributed by atoms with Crippen LogP contribution in [0.2, 0.25) is 0 Å². The molecular weight excluding hydrogens is 232 g/mol. The van der Waals surface area contributed by atoms with E-state index in [2.05, 4.69) is 24.1 Å². The number of carbonyl (C=O) groups excluding carboxylic acids is 1. The summed E-state index contributed by atoms with van der Waals surface area (Å²) in [5.74, 6) is -0.641. The molecule has 0 heterocycles. The smallest absolute Gasteiger partial charge is 0.327 e. The van der Waals surface area contributed by atoms with Gasteiger partial charge in [-0.15, -0.1) is 0 Å². The predicted octanol–water partition coefficient (Wildman–Crippen LogP) is 1.09. The van der Waals surface area contributed by atoms with E-state index >= 15 is 0 Å². The maximum absolute atomic E-state index is 11.1. The molecule has 5 heteroatoms. The monoisotopic (exact) mass is 256 g/mol. The van der Waals surface area contributed by atoms with Crippen molar-refractivity contribution in [3.63, 3.8) is 0 Å². The van der Waals surface area contributed by atoms with Gasteiger partial charge in [-0.3, -0.25) is 9.69 Å². The van der Waals surface area contributed by atoms with Crippen molar-refractivity contribution in [3.8, 4) is 0 Å². The minimum Gasteiger partial charge on any atom is -0.480 e. The Morgan fingerprint density at radius 2 is 2.00 bits per heavy atom. The maximum Gasteiger partial charge on any atom is 0.327 e. The average Bonchev–Trinajstić information content (AvgIpc) is 3.04. The molecule has 0 aromatic heterocycles. The Labute approximate surface area is 109 Å². The standard InChI is InChI=1S/C13H24N2O3/c1-9(2)6-7-15(11-4-5-11)8-12(13(17)18)14-10(3)16/h9,11-12H,4-8H2,1-3H3,(H,14,16)(H,17,18). The molecule has 0 radical (unpaired) electrons. The van der Waals surface area contributed by atoms with Crippen molar-refractivity contribution in [3.05, 3.63) is 0 Å². The van der Waals surface area contributed by atoms with Gasteiger partial charge in [-0.25, -0.2) is 4.79 Å². The molecule has 0 bridgehead atoms. The number of aliphatic carboxylic acids is 1. The van der Waals surface area contributed by atoms with Crippen molar-refractivity contribution >= 4 is 11.9 Å². The Balaban J connectivity index is 2.50. The summed E-state index contributed by atoms with van der Waals surface area (Å²) in [6, 6.07) is -0.283.